The van der Waals surface area contributed by atoms with Crippen LogP contribution < -0.4 is 0 Å². The molecule has 0 aromatic heterocycles. The molecule has 0 aliphatic rings. The minimum atomic E-state index is -1.33. The normalized spacial score (nSPS) is 16.0. The van der Waals surface area contributed by atoms with Crippen LogP contribution in [0.4, 0.5) is 0 Å². The molecule has 0 amide bonds. The van der Waals surface area contributed by atoms with E-state index in [4.69, 9.17) is 9.88 Å². The summed E-state index contributed by atoms with van der Waals surface area (Å²) in [7, 11) is 0. The Morgan fingerprint density at radius 2 is 0.733 bits per heavy atom. The van der Waals surface area contributed by atoms with Crippen molar-refractivity contribution in [1.29, 1.82) is 0 Å². The van der Waals surface area contributed by atoms with Gasteiger partial charge in [0.05, 0.1) is 0 Å². The molecule has 0 spiro atoms. The van der Waals surface area contributed by atoms with Crippen LogP contribution in [0.25, 0.3) is 0 Å². The molecule has 0 aliphatic carbocycles. The first-order valence-electron chi connectivity index (χ1n) is 4.28. The molecule has 0 aromatic rings. The first kappa shape index (κ1) is 21.1. The summed E-state index contributed by atoms with van der Waals surface area (Å²) < 4.78 is 37.6. The van der Waals surface area contributed by atoms with Gasteiger partial charge < -0.3 is 0 Å². The molecule has 92 valence electrons. The van der Waals surface area contributed by atoms with Crippen LogP contribution in [0.1, 0.15) is 0 Å². The number of rotatable bonds is 12. The van der Waals surface area contributed by atoms with Crippen LogP contribution in [-0.2, 0) is 9.88 Å². The molecule has 0 fully saturated rings. The van der Waals surface area contributed by atoms with Gasteiger partial charge in [0.2, 0.25) is 0 Å². The third kappa shape index (κ3) is 20.1. The second-order valence-electron chi connectivity index (χ2n) is 2.31. The van der Waals surface area contributed by atoms with E-state index in [0.717, 1.165) is 0 Å². The van der Waals surface area contributed by atoms with Crippen molar-refractivity contribution in [2.24, 2.45) is 0 Å². The molecule has 0 saturated carbocycles. The van der Waals surface area contributed by atoms with Crippen LogP contribution in [0, 0.1) is 0 Å². The van der Waals surface area contributed by atoms with E-state index in [1.807, 2.05) is 0 Å². The van der Waals surface area contributed by atoms with E-state index in [1.165, 1.54) is 0 Å². The van der Waals surface area contributed by atoms with E-state index in [2.05, 4.69) is 0 Å². The fraction of sp³-hybridized carbons (Fsp3) is 0. The van der Waals surface area contributed by atoms with Crippen LogP contribution in [-0.4, -0.2) is 178 Å². The summed E-state index contributed by atoms with van der Waals surface area (Å²) in [6, 6.07) is 0. The van der Waals surface area contributed by atoms with Gasteiger partial charge in [-0.05, 0) is 0 Å². The van der Waals surface area contributed by atoms with E-state index in [-0.39, 0.29) is 0 Å². The Hall–Kier alpha value is 6.11. The van der Waals surface area contributed by atoms with Crippen molar-refractivity contribution in [2.75, 3.05) is 0 Å². The molecule has 0 aliphatic heterocycles. The summed E-state index contributed by atoms with van der Waals surface area (Å²) in [6.45, 7) is 0. The van der Waals surface area contributed by atoms with Gasteiger partial charge in [0.1, 0.15) is 0 Å². The van der Waals surface area contributed by atoms with Gasteiger partial charge in [-0.25, -0.2) is 0 Å². The van der Waals surface area contributed by atoms with Crippen molar-refractivity contribution >= 4 is 178 Å². The monoisotopic (exact) mass is 1090 g/mol. The van der Waals surface area contributed by atoms with Crippen LogP contribution in [0.15, 0.2) is 0 Å². The van der Waals surface area contributed by atoms with E-state index in [9.17, 15) is 0 Å². The van der Waals surface area contributed by atoms with Gasteiger partial charge in [-0.3, -0.25) is 0 Å². The fourth-order valence-electron chi connectivity index (χ4n) is 0.572. The molecule has 0 radical (unpaired) electrons. The molecule has 0 unspecified atom stereocenters. The van der Waals surface area contributed by atoms with Crippen molar-refractivity contribution in [3.8, 4) is 0 Å². The topological polar surface area (TPSA) is 64.6 Å². The summed E-state index contributed by atoms with van der Waals surface area (Å²) in [5.74, 6) is 0. The Morgan fingerprint density at radius 1 is 0.467 bits per heavy atom. The Labute approximate surface area is 182 Å². The van der Waals surface area contributed by atoms with Crippen LogP contribution in [0.3, 0.4) is 0 Å². The Balaban J connectivity index is 2.81. The maximum atomic E-state index is 5.51. The number of hydrogen-bond donors (Lipinski definition) is 0. The quantitative estimate of drug-likeness (QED) is 0.143. The summed E-state index contributed by atoms with van der Waals surface area (Å²) in [5.41, 5.74) is 0. The molecule has 0 rings (SSSR count). The maximum absolute atomic E-state index is 5.51. The Bertz CT molecular complexity index is 99.2. The molecule has 0 N–H and O–H groups in total. The average Bonchev–Trinajstić information content (AvgIpc) is 2.26. The SMILES string of the molecule is [SnH3][O][SnH2][O][SnH2][O][SnH2][O][SnH2][O][SnH2][O][SnH2][O][SnH3]. The van der Waals surface area contributed by atoms with Crippen molar-refractivity contribution in [3.63, 3.8) is 0 Å². The molecule has 0 saturated heterocycles. The van der Waals surface area contributed by atoms with Gasteiger partial charge in [-0.15, -0.1) is 0 Å². The molecule has 15 heavy (non-hydrogen) atoms. The van der Waals surface area contributed by atoms with Crippen molar-refractivity contribution < 1.29 is 9.88 Å². The van der Waals surface area contributed by atoms with Crippen LogP contribution in [0.5, 0.6) is 0 Å². The van der Waals surface area contributed by atoms with Gasteiger partial charge in [-0.2, -0.15) is 0 Å². The molecular weight excluding hydrogens is 1060 g/mol. The Kier molecular flexibility index (Phi) is 28.3. The van der Waals surface area contributed by atoms with Crippen LogP contribution in [0.2, 0.25) is 0 Å². The van der Waals surface area contributed by atoms with Gasteiger partial charge in [0.15, 0.2) is 0 Å². The first-order chi connectivity index (χ1) is 7.41. The predicted molar refractivity (Wildman–Crippen MR) is 78.7 cm³/mol. The summed E-state index contributed by atoms with van der Waals surface area (Å²) in [4.78, 5) is 0. The second kappa shape index (κ2) is 20.1. The van der Waals surface area contributed by atoms with Crippen molar-refractivity contribution in [3.05, 3.63) is 0 Å². The van der Waals surface area contributed by atoms with Gasteiger partial charge in [0, 0.05) is 0 Å². The zero-order chi connectivity index (χ0) is 11.2. The summed E-state index contributed by atoms with van der Waals surface area (Å²) in [5, 5.41) is 0. The van der Waals surface area contributed by atoms with Gasteiger partial charge >= 0.3 is 188 Å². The van der Waals surface area contributed by atoms with Gasteiger partial charge in [-0.1, -0.05) is 0 Å². The van der Waals surface area contributed by atoms with Crippen molar-refractivity contribution in [2.45, 2.75) is 0 Å². The standard InChI is InChI=1S/7O.8Sn.18H. The molecule has 7 nitrogen and oxygen atoms in total. The zero-order valence-corrected chi connectivity index (χ0v) is 44.7. The van der Waals surface area contributed by atoms with Gasteiger partial charge in [0.25, 0.3) is 0 Å². The summed E-state index contributed by atoms with van der Waals surface area (Å²) >= 11 is -6.83. The predicted octanol–water partition coefficient (Wildman–Crippen LogP) is -8.34. The van der Waals surface area contributed by atoms with E-state index in [0.29, 0.717) is 45.9 Å². The molecular formula is H18O7Sn8. The summed E-state index contributed by atoms with van der Waals surface area (Å²) in [6.07, 6.45) is 0. The van der Waals surface area contributed by atoms with E-state index < -0.39 is 132 Å². The molecule has 0 bridgehead atoms. The van der Waals surface area contributed by atoms with E-state index in [1.54, 1.807) is 0 Å². The first-order valence-corrected chi connectivity index (χ1v) is 28.7. The molecule has 0 atom stereocenters. The minimum absolute atomic E-state index is 0.375. The van der Waals surface area contributed by atoms with Crippen molar-refractivity contribution in [1.82, 2.24) is 0 Å². The average molecular weight is 1080 g/mol. The molecule has 15 heteroatoms. The number of hydrogen-bond acceptors (Lipinski definition) is 7. The molecule has 0 heterocycles. The van der Waals surface area contributed by atoms with E-state index >= 15 is 0 Å². The molecule has 0 aromatic carbocycles. The fourth-order valence-corrected chi connectivity index (χ4v) is 129. The second-order valence-corrected chi connectivity index (χ2v) is 76.7. The third-order valence-electron chi connectivity index (χ3n) is 1.07. The zero-order valence-electron chi connectivity index (χ0n) is 9.10. The van der Waals surface area contributed by atoms with Crippen LogP contribution >= 0.6 is 0 Å². The third-order valence-corrected chi connectivity index (χ3v) is 48.1. The Morgan fingerprint density at radius 3 is 1.00 bits per heavy atom.